The van der Waals surface area contributed by atoms with Gasteiger partial charge in [-0.3, -0.25) is 14.5 Å². The van der Waals surface area contributed by atoms with Crippen molar-refractivity contribution in [1.82, 2.24) is 0 Å². The minimum absolute atomic E-state index is 0.115. The predicted molar refractivity (Wildman–Crippen MR) is 122 cm³/mol. The van der Waals surface area contributed by atoms with Crippen molar-refractivity contribution in [2.75, 3.05) is 10.2 Å². The van der Waals surface area contributed by atoms with Gasteiger partial charge in [0.15, 0.2) is 0 Å². The van der Waals surface area contributed by atoms with Gasteiger partial charge in [-0.2, -0.15) is 0 Å². The predicted octanol–water partition coefficient (Wildman–Crippen LogP) is 5.77. The van der Waals surface area contributed by atoms with Gasteiger partial charge in [-0.15, -0.1) is 0 Å². The Bertz CT molecular complexity index is 1150. The van der Waals surface area contributed by atoms with E-state index in [0.717, 1.165) is 22.5 Å². The summed E-state index contributed by atoms with van der Waals surface area (Å²) in [6, 6.07) is 24.4. The third-order valence-electron chi connectivity index (χ3n) is 4.69. The Morgan fingerprint density at radius 1 is 0.933 bits per heavy atom. The summed E-state index contributed by atoms with van der Waals surface area (Å²) in [6.07, 6.45) is 3.75. The van der Waals surface area contributed by atoms with E-state index in [-0.39, 0.29) is 11.8 Å². The molecule has 0 fully saturated rings. The fraction of sp³-hybridized carbons (Fsp3) is 0.0400. The Labute approximate surface area is 180 Å². The number of nitrogens with zero attached hydrogens (tertiary/aromatic N) is 1. The van der Waals surface area contributed by atoms with E-state index in [1.54, 1.807) is 29.2 Å². The molecule has 1 heterocycles. The van der Waals surface area contributed by atoms with Gasteiger partial charge in [-0.1, -0.05) is 54.1 Å². The standard InChI is InChI=1S/C25H19ClN2O2/c1-17(29)27-22-11-13-23(14-12-22)28-24(19-5-3-2-4-6-19)16-20(25(28)30)15-18-7-9-21(26)10-8-18/h2-16H,1H3,(H,27,29). The summed E-state index contributed by atoms with van der Waals surface area (Å²) in [5.41, 5.74) is 4.63. The Morgan fingerprint density at radius 2 is 1.60 bits per heavy atom. The van der Waals surface area contributed by atoms with Gasteiger partial charge in [0.05, 0.1) is 5.70 Å². The minimum Gasteiger partial charge on any atom is -0.326 e. The number of carbonyl (C=O) groups excluding carboxylic acids is 2. The van der Waals surface area contributed by atoms with Crippen LogP contribution in [0.1, 0.15) is 18.1 Å². The Balaban J connectivity index is 1.74. The average molecular weight is 415 g/mol. The smallest absolute Gasteiger partial charge is 0.262 e. The number of hydrogen-bond acceptors (Lipinski definition) is 2. The molecule has 0 bridgehead atoms. The van der Waals surface area contributed by atoms with Gasteiger partial charge in [-0.25, -0.2) is 0 Å². The summed E-state index contributed by atoms with van der Waals surface area (Å²) in [5, 5.41) is 3.39. The molecular weight excluding hydrogens is 396 g/mol. The molecule has 0 saturated carbocycles. The van der Waals surface area contributed by atoms with Gasteiger partial charge in [0.1, 0.15) is 0 Å². The second kappa shape index (κ2) is 8.39. The lowest BCUT2D eigenvalue weighted by atomic mass is 10.1. The zero-order valence-corrected chi connectivity index (χ0v) is 17.1. The van der Waals surface area contributed by atoms with E-state index < -0.39 is 0 Å². The molecule has 3 aromatic rings. The lowest BCUT2D eigenvalue weighted by Crippen LogP contribution is -2.25. The molecule has 1 aliphatic rings. The molecule has 4 rings (SSSR count). The maximum Gasteiger partial charge on any atom is 0.262 e. The highest BCUT2D eigenvalue weighted by Gasteiger charge is 2.30. The van der Waals surface area contributed by atoms with Crippen molar-refractivity contribution in [3.63, 3.8) is 0 Å². The Hall–Kier alpha value is -3.63. The molecule has 148 valence electrons. The van der Waals surface area contributed by atoms with E-state index in [1.165, 1.54) is 6.92 Å². The van der Waals surface area contributed by atoms with Crippen molar-refractivity contribution >= 4 is 46.6 Å². The number of rotatable bonds is 4. The summed E-state index contributed by atoms with van der Waals surface area (Å²) in [7, 11) is 0. The van der Waals surface area contributed by atoms with Crippen LogP contribution in [0.15, 0.2) is 90.5 Å². The maximum absolute atomic E-state index is 13.3. The lowest BCUT2D eigenvalue weighted by molar-refractivity contribution is -0.114. The van der Waals surface area contributed by atoms with Gasteiger partial charge in [0.25, 0.3) is 5.91 Å². The molecule has 3 aromatic carbocycles. The quantitative estimate of drug-likeness (QED) is 0.551. The highest BCUT2D eigenvalue weighted by atomic mass is 35.5. The number of hydrogen-bond donors (Lipinski definition) is 1. The van der Waals surface area contributed by atoms with Crippen LogP contribution >= 0.6 is 11.6 Å². The molecule has 0 unspecified atom stereocenters. The van der Waals surface area contributed by atoms with Crippen molar-refractivity contribution in [2.45, 2.75) is 6.92 Å². The van der Waals surface area contributed by atoms with Crippen LogP contribution in [0.2, 0.25) is 5.02 Å². The zero-order valence-electron chi connectivity index (χ0n) is 16.3. The third-order valence-corrected chi connectivity index (χ3v) is 4.94. The van der Waals surface area contributed by atoms with Crippen LogP contribution in [0.25, 0.3) is 11.8 Å². The molecule has 1 N–H and O–H groups in total. The second-order valence-electron chi connectivity index (χ2n) is 6.92. The number of carbonyl (C=O) groups is 2. The molecule has 0 spiro atoms. The first-order valence-electron chi connectivity index (χ1n) is 9.48. The molecule has 2 amide bonds. The zero-order chi connectivity index (χ0) is 21.1. The average Bonchev–Trinajstić information content (AvgIpc) is 3.07. The number of nitrogens with one attached hydrogen (secondary N) is 1. The molecule has 5 heteroatoms. The number of halogens is 1. The van der Waals surface area contributed by atoms with Crippen LogP contribution in [0, 0.1) is 0 Å². The maximum atomic E-state index is 13.3. The van der Waals surface area contributed by atoms with E-state index in [2.05, 4.69) is 5.32 Å². The number of amides is 2. The molecule has 30 heavy (non-hydrogen) atoms. The van der Waals surface area contributed by atoms with Crippen molar-refractivity contribution < 1.29 is 9.59 Å². The van der Waals surface area contributed by atoms with Gasteiger partial charge < -0.3 is 5.32 Å². The first-order valence-corrected chi connectivity index (χ1v) is 9.85. The molecule has 4 nitrogen and oxygen atoms in total. The van der Waals surface area contributed by atoms with E-state index in [4.69, 9.17) is 11.6 Å². The second-order valence-corrected chi connectivity index (χ2v) is 7.35. The lowest BCUT2D eigenvalue weighted by Gasteiger charge is -2.21. The van der Waals surface area contributed by atoms with Crippen molar-refractivity contribution in [3.8, 4) is 0 Å². The molecule has 0 atom stereocenters. The Kier molecular flexibility index (Phi) is 5.50. The minimum atomic E-state index is -0.141. The molecule has 0 saturated heterocycles. The van der Waals surface area contributed by atoms with Gasteiger partial charge >= 0.3 is 0 Å². The van der Waals surface area contributed by atoms with Gasteiger partial charge in [0, 0.05) is 28.9 Å². The molecular formula is C25H19ClN2O2. The summed E-state index contributed by atoms with van der Waals surface area (Å²) in [4.78, 5) is 26.3. The van der Waals surface area contributed by atoms with E-state index in [9.17, 15) is 9.59 Å². The monoisotopic (exact) mass is 414 g/mol. The van der Waals surface area contributed by atoms with Gasteiger partial charge in [0.2, 0.25) is 5.91 Å². The summed E-state index contributed by atoms with van der Waals surface area (Å²) < 4.78 is 0. The van der Waals surface area contributed by atoms with Crippen LogP contribution in [0.5, 0.6) is 0 Å². The van der Waals surface area contributed by atoms with Crippen molar-refractivity contribution in [3.05, 3.63) is 107 Å². The van der Waals surface area contributed by atoms with Crippen LogP contribution in [-0.4, -0.2) is 11.8 Å². The largest absolute Gasteiger partial charge is 0.326 e. The first kappa shape index (κ1) is 19.7. The fourth-order valence-corrected chi connectivity index (χ4v) is 3.45. The molecule has 0 radical (unpaired) electrons. The molecule has 0 aromatic heterocycles. The summed E-state index contributed by atoms with van der Waals surface area (Å²) in [5.74, 6) is -0.255. The van der Waals surface area contributed by atoms with E-state index >= 15 is 0 Å². The van der Waals surface area contributed by atoms with Gasteiger partial charge in [-0.05, 0) is 59.7 Å². The first-order chi connectivity index (χ1) is 14.5. The normalized spacial score (nSPS) is 14.7. The molecule has 0 aliphatic carbocycles. The highest BCUT2D eigenvalue weighted by Crippen LogP contribution is 2.35. The summed E-state index contributed by atoms with van der Waals surface area (Å²) in [6.45, 7) is 1.46. The van der Waals surface area contributed by atoms with Crippen LogP contribution < -0.4 is 10.2 Å². The number of benzene rings is 3. The topological polar surface area (TPSA) is 49.4 Å². The molecule has 1 aliphatic heterocycles. The van der Waals surface area contributed by atoms with Crippen LogP contribution in [-0.2, 0) is 9.59 Å². The summed E-state index contributed by atoms with van der Waals surface area (Å²) >= 11 is 5.97. The van der Waals surface area contributed by atoms with Crippen molar-refractivity contribution in [1.29, 1.82) is 0 Å². The Morgan fingerprint density at radius 3 is 2.23 bits per heavy atom. The number of anilines is 2. The SMILES string of the molecule is CC(=O)Nc1ccc(N2C(=O)C(=Cc3ccc(Cl)cc3)C=C2c2ccccc2)cc1. The van der Waals surface area contributed by atoms with E-state index in [0.29, 0.717) is 16.3 Å². The highest BCUT2D eigenvalue weighted by molar-refractivity contribution is 6.30. The van der Waals surface area contributed by atoms with Crippen molar-refractivity contribution in [2.24, 2.45) is 0 Å². The third kappa shape index (κ3) is 4.19. The van der Waals surface area contributed by atoms with Crippen LogP contribution in [0.4, 0.5) is 11.4 Å². The van der Waals surface area contributed by atoms with E-state index in [1.807, 2.05) is 66.7 Å². The fourth-order valence-electron chi connectivity index (χ4n) is 3.33. The van der Waals surface area contributed by atoms with Crippen LogP contribution in [0.3, 0.4) is 0 Å².